The number of nitrogens with two attached hydrogens (primary N) is 1. The number of nitrogens with one attached hydrogen (secondary N) is 2. The van der Waals surface area contributed by atoms with Crippen LogP contribution in [0.25, 0.3) is 11.0 Å². The van der Waals surface area contributed by atoms with Gasteiger partial charge in [0, 0.05) is 12.7 Å². The van der Waals surface area contributed by atoms with E-state index in [9.17, 15) is 9.59 Å². The maximum absolute atomic E-state index is 12.7. The van der Waals surface area contributed by atoms with E-state index < -0.39 is 20.2 Å². The van der Waals surface area contributed by atoms with Crippen LogP contribution in [-0.2, 0) is 15.7 Å². The van der Waals surface area contributed by atoms with Gasteiger partial charge in [0.05, 0.1) is 18.6 Å². The third-order valence-electron chi connectivity index (χ3n) is 6.03. The number of hydrazine groups is 1. The Balaban J connectivity index is 1.93. The SMILES string of the molecule is CCOC(=O)c1cc2c(NNC(=O)c3ccccn3)nc(N)nc2n1CCO[Si](C)(C)C(C)(C)C. The number of carbonyl (C=O) groups is 2. The molecular weight excluding hydrogens is 466 g/mol. The van der Waals surface area contributed by atoms with Crippen LogP contribution >= 0.6 is 0 Å². The van der Waals surface area contributed by atoms with Crippen molar-refractivity contribution in [3.05, 3.63) is 41.9 Å². The molecule has 3 aromatic rings. The van der Waals surface area contributed by atoms with E-state index >= 15 is 0 Å². The highest BCUT2D eigenvalue weighted by atomic mass is 28.4. The quantitative estimate of drug-likeness (QED) is 0.229. The van der Waals surface area contributed by atoms with E-state index in [1.54, 1.807) is 35.8 Å². The molecule has 0 unspecified atom stereocenters. The summed E-state index contributed by atoms with van der Waals surface area (Å²) < 4.78 is 13.3. The molecule has 0 saturated carbocycles. The van der Waals surface area contributed by atoms with Crippen molar-refractivity contribution in [3.8, 4) is 0 Å². The van der Waals surface area contributed by atoms with Crippen LogP contribution in [-0.4, -0.2) is 52.9 Å². The first-order valence-corrected chi connectivity index (χ1v) is 14.3. The first-order valence-electron chi connectivity index (χ1n) is 11.4. The number of aromatic nitrogens is 4. The summed E-state index contributed by atoms with van der Waals surface area (Å²) in [6.07, 6.45) is 1.52. The Labute approximate surface area is 205 Å². The van der Waals surface area contributed by atoms with E-state index in [1.807, 2.05) is 0 Å². The van der Waals surface area contributed by atoms with E-state index in [4.69, 9.17) is 14.9 Å². The number of anilines is 2. The minimum absolute atomic E-state index is 0.0211. The van der Waals surface area contributed by atoms with Crippen molar-refractivity contribution >= 4 is 43.0 Å². The van der Waals surface area contributed by atoms with Crippen LogP contribution in [0.1, 0.15) is 48.7 Å². The number of fused-ring (bicyclic) bond motifs is 1. The molecule has 3 rings (SSSR count). The summed E-state index contributed by atoms with van der Waals surface area (Å²) in [7, 11) is -2.00. The molecule has 0 saturated heterocycles. The third kappa shape index (κ3) is 5.95. The number of nitrogen functional groups attached to an aromatic ring is 1. The number of rotatable bonds is 9. The lowest BCUT2D eigenvalue weighted by atomic mass is 10.2. The van der Waals surface area contributed by atoms with Gasteiger partial charge in [-0.05, 0) is 43.3 Å². The standard InChI is InChI=1S/C23H33N7O4Si/c1-7-33-21(32)17-14-15-18(28-29-20(31)16-10-8-9-11-25-16)26-22(24)27-19(15)30(17)12-13-34-35(5,6)23(2,3)4/h8-11,14H,7,12-13H2,1-6H3,(H,29,31)(H3,24,26,27,28). The maximum Gasteiger partial charge on any atom is 0.355 e. The fourth-order valence-corrected chi connectivity index (χ4v) is 4.16. The van der Waals surface area contributed by atoms with Crippen LogP contribution in [0.15, 0.2) is 30.5 Å². The van der Waals surface area contributed by atoms with Gasteiger partial charge in [0.15, 0.2) is 14.1 Å². The number of hydrogen-bond acceptors (Lipinski definition) is 9. The van der Waals surface area contributed by atoms with Gasteiger partial charge >= 0.3 is 5.97 Å². The van der Waals surface area contributed by atoms with Gasteiger partial charge in [-0.15, -0.1) is 0 Å². The summed E-state index contributed by atoms with van der Waals surface area (Å²) in [6, 6.07) is 6.63. The Kier molecular flexibility index (Phi) is 7.75. The fourth-order valence-electron chi connectivity index (χ4n) is 3.12. The molecule has 0 aliphatic rings. The Morgan fingerprint density at radius 3 is 2.57 bits per heavy atom. The van der Waals surface area contributed by atoms with Crippen molar-refractivity contribution in [2.75, 3.05) is 24.4 Å². The second-order valence-corrected chi connectivity index (χ2v) is 14.3. The maximum atomic E-state index is 12.7. The normalized spacial score (nSPS) is 11.9. The first-order chi connectivity index (χ1) is 16.4. The van der Waals surface area contributed by atoms with Crippen LogP contribution < -0.4 is 16.6 Å². The van der Waals surface area contributed by atoms with Gasteiger partial charge in [-0.25, -0.2) is 4.79 Å². The van der Waals surface area contributed by atoms with E-state index in [-0.39, 0.29) is 29.1 Å². The monoisotopic (exact) mass is 499 g/mol. The molecule has 0 spiro atoms. The van der Waals surface area contributed by atoms with Crippen molar-refractivity contribution in [2.45, 2.75) is 52.4 Å². The molecule has 0 atom stereocenters. The number of ether oxygens (including phenoxy) is 1. The number of esters is 1. The lowest BCUT2D eigenvalue weighted by molar-refractivity contribution is 0.0513. The van der Waals surface area contributed by atoms with Gasteiger partial charge in [-0.1, -0.05) is 26.8 Å². The lowest BCUT2D eigenvalue weighted by Crippen LogP contribution is -2.41. The summed E-state index contributed by atoms with van der Waals surface area (Å²) in [4.78, 5) is 37.8. The zero-order valence-electron chi connectivity index (χ0n) is 21.0. The van der Waals surface area contributed by atoms with Crippen molar-refractivity contribution in [3.63, 3.8) is 0 Å². The molecule has 3 aromatic heterocycles. The Bertz CT molecular complexity index is 1210. The van der Waals surface area contributed by atoms with E-state index in [0.29, 0.717) is 29.9 Å². The molecule has 0 bridgehead atoms. The molecule has 1 amide bonds. The summed E-state index contributed by atoms with van der Waals surface area (Å²) in [5.41, 5.74) is 12.2. The van der Waals surface area contributed by atoms with Gasteiger partial charge < -0.3 is 19.5 Å². The highest BCUT2D eigenvalue weighted by Gasteiger charge is 2.37. The van der Waals surface area contributed by atoms with Gasteiger partial charge in [0.1, 0.15) is 17.0 Å². The second-order valence-electron chi connectivity index (χ2n) is 9.47. The molecular formula is C23H33N7O4Si. The molecule has 0 aliphatic carbocycles. The zero-order chi connectivity index (χ0) is 25.8. The van der Waals surface area contributed by atoms with Crippen LogP contribution in [0.3, 0.4) is 0 Å². The highest BCUT2D eigenvalue weighted by Crippen LogP contribution is 2.36. The van der Waals surface area contributed by atoms with E-state index in [1.165, 1.54) is 6.20 Å². The minimum atomic E-state index is -2.00. The number of hydrogen-bond donors (Lipinski definition) is 3. The summed E-state index contributed by atoms with van der Waals surface area (Å²) in [5, 5.41) is 0.543. The largest absolute Gasteiger partial charge is 0.461 e. The average molecular weight is 500 g/mol. The van der Waals surface area contributed by atoms with Crippen LogP contribution in [0.4, 0.5) is 11.8 Å². The molecule has 0 aromatic carbocycles. The molecule has 4 N–H and O–H groups in total. The number of carbonyl (C=O) groups excluding carboxylic acids is 2. The van der Waals surface area contributed by atoms with Gasteiger partial charge in [-0.2, -0.15) is 9.97 Å². The van der Waals surface area contributed by atoms with Crippen LogP contribution in [0.5, 0.6) is 0 Å². The Hall–Kier alpha value is -3.51. The first kappa shape index (κ1) is 26.1. The molecule has 188 valence electrons. The topological polar surface area (TPSA) is 146 Å². The van der Waals surface area contributed by atoms with Gasteiger partial charge in [0.2, 0.25) is 5.95 Å². The number of pyridine rings is 1. The molecule has 12 heteroatoms. The van der Waals surface area contributed by atoms with Gasteiger partial charge in [-0.3, -0.25) is 20.6 Å². The van der Waals surface area contributed by atoms with Crippen LogP contribution in [0, 0.1) is 0 Å². The minimum Gasteiger partial charge on any atom is -0.461 e. The molecule has 11 nitrogen and oxygen atoms in total. The molecule has 0 radical (unpaired) electrons. The highest BCUT2D eigenvalue weighted by molar-refractivity contribution is 6.74. The lowest BCUT2D eigenvalue weighted by Gasteiger charge is -2.36. The van der Waals surface area contributed by atoms with Crippen molar-refractivity contribution in [2.24, 2.45) is 0 Å². The molecule has 35 heavy (non-hydrogen) atoms. The third-order valence-corrected chi connectivity index (χ3v) is 10.6. The Morgan fingerprint density at radius 1 is 1.20 bits per heavy atom. The van der Waals surface area contributed by atoms with Crippen molar-refractivity contribution in [1.82, 2.24) is 24.9 Å². The van der Waals surface area contributed by atoms with E-state index in [2.05, 4.69) is 59.7 Å². The van der Waals surface area contributed by atoms with Crippen molar-refractivity contribution in [1.29, 1.82) is 0 Å². The zero-order valence-corrected chi connectivity index (χ0v) is 22.0. The van der Waals surface area contributed by atoms with E-state index in [0.717, 1.165) is 0 Å². The predicted octanol–water partition coefficient (Wildman–Crippen LogP) is 3.36. The summed E-state index contributed by atoms with van der Waals surface area (Å²) >= 11 is 0. The Morgan fingerprint density at radius 2 is 1.94 bits per heavy atom. The summed E-state index contributed by atoms with van der Waals surface area (Å²) in [5.74, 6) is -0.734. The summed E-state index contributed by atoms with van der Waals surface area (Å²) in [6.45, 7) is 13.5. The smallest absolute Gasteiger partial charge is 0.355 e. The second kappa shape index (κ2) is 10.4. The molecule has 0 fully saturated rings. The number of amides is 1. The predicted molar refractivity (Wildman–Crippen MR) is 136 cm³/mol. The number of nitrogens with zero attached hydrogens (tertiary/aromatic N) is 4. The van der Waals surface area contributed by atoms with Crippen LogP contribution in [0.2, 0.25) is 18.1 Å². The fraction of sp³-hybridized carbons (Fsp3) is 0.435. The van der Waals surface area contributed by atoms with Gasteiger partial charge in [0.25, 0.3) is 5.91 Å². The molecule has 0 aliphatic heterocycles. The molecule has 3 heterocycles. The average Bonchev–Trinajstić information content (AvgIpc) is 3.15. The van der Waals surface area contributed by atoms with Crippen molar-refractivity contribution < 1.29 is 18.8 Å².